The molecule has 1 saturated heterocycles. The molecule has 2 aromatic carbocycles. The second-order valence-corrected chi connectivity index (χ2v) is 11.1. The van der Waals surface area contributed by atoms with Gasteiger partial charge >= 0.3 is 12.2 Å². The van der Waals surface area contributed by atoms with Crippen molar-refractivity contribution in [2.45, 2.75) is 64.6 Å². The molecule has 10 nitrogen and oxygen atoms in total. The highest BCUT2D eigenvalue weighted by Gasteiger charge is 2.44. The fraction of sp³-hybridized carbons (Fsp3) is 0.467. The van der Waals surface area contributed by atoms with Crippen molar-refractivity contribution in [1.82, 2.24) is 15.1 Å². The predicted octanol–water partition coefficient (Wildman–Crippen LogP) is 4.23. The van der Waals surface area contributed by atoms with Gasteiger partial charge in [-0.15, -0.1) is 0 Å². The highest BCUT2D eigenvalue weighted by atomic mass is 16.5. The lowest BCUT2D eigenvalue weighted by Gasteiger charge is -2.40. The maximum absolute atomic E-state index is 13.8. The van der Waals surface area contributed by atoms with Gasteiger partial charge in [0.25, 0.3) is 5.91 Å². The number of hydrogen-bond acceptors (Lipinski definition) is 5. The summed E-state index contributed by atoms with van der Waals surface area (Å²) in [6, 6.07) is 14.3. The number of carbonyl (C=O) groups excluding carboxylic acids is 3. The molecule has 40 heavy (non-hydrogen) atoms. The average Bonchev–Trinajstić information content (AvgIpc) is 3.12. The number of fused-ring (bicyclic) bond motifs is 1. The first-order valence-electron chi connectivity index (χ1n) is 13.7. The number of piperidine rings is 1. The second kappa shape index (κ2) is 12.0. The van der Waals surface area contributed by atoms with Gasteiger partial charge in [0, 0.05) is 43.5 Å². The van der Waals surface area contributed by atoms with Crippen LogP contribution in [0, 0.1) is 0 Å². The molecule has 2 N–H and O–H groups in total. The van der Waals surface area contributed by atoms with E-state index in [0.29, 0.717) is 24.2 Å². The Morgan fingerprint density at radius 1 is 1.15 bits per heavy atom. The second-order valence-electron chi connectivity index (χ2n) is 11.1. The van der Waals surface area contributed by atoms with Crippen LogP contribution < -0.4 is 10.2 Å². The van der Waals surface area contributed by atoms with Crippen molar-refractivity contribution < 1.29 is 29.0 Å². The lowest BCUT2D eigenvalue weighted by atomic mass is 9.85. The number of alkyl carbamates (subject to hydrolysis) is 1. The Hall–Kier alpha value is -4.08. The van der Waals surface area contributed by atoms with Gasteiger partial charge in [0.1, 0.15) is 6.61 Å². The van der Waals surface area contributed by atoms with Gasteiger partial charge in [0.2, 0.25) is 5.91 Å². The minimum atomic E-state index is -0.979. The standard InChI is InChI=1S/C30H38N4O6/c1-20(2)34(23-11-8-15-32(18-23)29(38)39)26(35)22-12-13-24-25(17-22)33(27(36)30(24,3)4)16-14-31-28(37)40-19-21-9-6-5-7-10-21/h5-7,9-10,12-13,17,20,23H,8,11,14-16,18-19H2,1-4H3,(H,31,37)(H,38,39)/t23-/m1/s1. The molecular weight excluding hydrogens is 512 g/mol. The van der Waals surface area contributed by atoms with Crippen LogP contribution in [0.2, 0.25) is 0 Å². The van der Waals surface area contributed by atoms with Crippen molar-refractivity contribution in [3.8, 4) is 0 Å². The Morgan fingerprint density at radius 3 is 2.55 bits per heavy atom. The molecule has 214 valence electrons. The van der Waals surface area contributed by atoms with Crippen molar-refractivity contribution in [1.29, 1.82) is 0 Å². The van der Waals surface area contributed by atoms with Gasteiger partial charge in [-0.05, 0) is 63.8 Å². The number of carbonyl (C=O) groups is 4. The van der Waals surface area contributed by atoms with Crippen molar-refractivity contribution in [3.05, 3.63) is 65.2 Å². The van der Waals surface area contributed by atoms with E-state index in [2.05, 4.69) is 5.32 Å². The maximum Gasteiger partial charge on any atom is 0.407 e. The molecule has 0 aliphatic carbocycles. The van der Waals surface area contributed by atoms with Gasteiger partial charge in [-0.25, -0.2) is 9.59 Å². The normalized spacial score (nSPS) is 17.9. The zero-order valence-electron chi connectivity index (χ0n) is 23.6. The topological polar surface area (TPSA) is 119 Å². The van der Waals surface area contributed by atoms with E-state index in [0.717, 1.165) is 17.5 Å². The van der Waals surface area contributed by atoms with Gasteiger partial charge < -0.3 is 29.9 Å². The summed E-state index contributed by atoms with van der Waals surface area (Å²) in [7, 11) is 0. The fourth-order valence-corrected chi connectivity index (χ4v) is 5.57. The van der Waals surface area contributed by atoms with E-state index in [9.17, 15) is 24.3 Å². The molecule has 4 rings (SSSR count). The van der Waals surface area contributed by atoms with E-state index in [4.69, 9.17) is 4.74 Å². The minimum Gasteiger partial charge on any atom is -0.465 e. The Balaban J connectivity index is 1.47. The predicted molar refractivity (Wildman–Crippen MR) is 150 cm³/mol. The highest BCUT2D eigenvalue weighted by Crippen LogP contribution is 2.42. The molecule has 2 aliphatic heterocycles. The summed E-state index contributed by atoms with van der Waals surface area (Å²) in [5.74, 6) is -0.314. The Bertz CT molecular complexity index is 1260. The van der Waals surface area contributed by atoms with Crippen LogP contribution in [0.3, 0.4) is 0 Å². The van der Waals surface area contributed by atoms with Crippen LogP contribution in [0.1, 0.15) is 62.0 Å². The average molecular weight is 551 g/mol. The summed E-state index contributed by atoms with van der Waals surface area (Å²) in [5.41, 5.74) is 1.98. The molecule has 0 unspecified atom stereocenters. The smallest absolute Gasteiger partial charge is 0.407 e. The number of likely N-dealkylation sites (tertiary alicyclic amines) is 1. The zero-order chi connectivity index (χ0) is 29.0. The quantitative estimate of drug-likeness (QED) is 0.508. The molecule has 2 heterocycles. The van der Waals surface area contributed by atoms with Crippen LogP contribution in [-0.2, 0) is 21.6 Å². The summed E-state index contributed by atoms with van der Waals surface area (Å²) in [5, 5.41) is 12.2. The number of rotatable bonds is 8. The third-order valence-corrected chi connectivity index (χ3v) is 7.66. The van der Waals surface area contributed by atoms with E-state index in [1.54, 1.807) is 21.9 Å². The summed E-state index contributed by atoms with van der Waals surface area (Å²) >= 11 is 0. The fourth-order valence-electron chi connectivity index (χ4n) is 5.57. The maximum atomic E-state index is 13.8. The molecule has 0 bridgehead atoms. The number of carboxylic acid groups (broad SMARTS) is 1. The molecule has 0 saturated carbocycles. The van der Waals surface area contributed by atoms with Crippen molar-refractivity contribution in [2.75, 3.05) is 31.1 Å². The Labute approximate surface area is 234 Å². The largest absolute Gasteiger partial charge is 0.465 e. The molecule has 0 radical (unpaired) electrons. The van der Waals surface area contributed by atoms with E-state index < -0.39 is 17.6 Å². The number of nitrogens with one attached hydrogen (secondary N) is 1. The van der Waals surface area contributed by atoms with E-state index >= 15 is 0 Å². The Kier molecular flexibility index (Phi) is 8.66. The van der Waals surface area contributed by atoms with Crippen molar-refractivity contribution in [2.24, 2.45) is 0 Å². The van der Waals surface area contributed by atoms with Crippen LogP contribution in [0.4, 0.5) is 15.3 Å². The van der Waals surface area contributed by atoms with Crippen molar-refractivity contribution >= 4 is 29.7 Å². The van der Waals surface area contributed by atoms with Gasteiger partial charge in [-0.1, -0.05) is 36.4 Å². The molecule has 4 amide bonds. The molecule has 0 spiro atoms. The Morgan fingerprint density at radius 2 is 1.88 bits per heavy atom. The van der Waals surface area contributed by atoms with Crippen LogP contribution in [0.5, 0.6) is 0 Å². The molecule has 1 fully saturated rings. The van der Waals surface area contributed by atoms with Crippen LogP contribution in [-0.4, -0.2) is 77.2 Å². The van der Waals surface area contributed by atoms with Gasteiger partial charge in [-0.2, -0.15) is 0 Å². The molecule has 0 aromatic heterocycles. The lowest BCUT2D eigenvalue weighted by Crippen LogP contribution is -2.53. The monoisotopic (exact) mass is 550 g/mol. The van der Waals surface area contributed by atoms with Crippen molar-refractivity contribution in [3.63, 3.8) is 0 Å². The third kappa shape index (κ3) is 6.05. The highest BCUT2D eigenvalue weighted by molar-refractivity contribution is 6.09. The summed E-state index contributed by atoms with van der Waals surface area (Å²) < 4.78 is 5.27. The molecule has 2 aromatic rings. The number of hydrogen-bond donors (Lipinski definition) is 2. The number of nitrogens with zero attached hydrogens (tertiary/aromatic N) is 3. The molecular formula is C30H38N4O6. The SMILES string of the molecule is CC(C)N(C(=O)c1ccc2c(c1)N(CCNC(=O)OCc1ccccc1)C(=O)C2(C)C)[C@@H]1CCCN(C(=O)O)C1. The lowest BCUT2D eigenvalue weighted by molar-refractivity contribution is -0.122. The van der Waals surface area contributed by atoms with Crippen LogP contribution >= 0.6 is 0 Å². The van der Waals surface area contributed by atoms with Crippen LogP contribution in [0.25, 0.3) is 0 Å². The molecule has 2 aliphatic rings. The van der Waals surface area contributed by atoms with Crippen LogP contribution in [0.15, 0.2) is 48.5 Å². The number of ether oxygens (including phenoxy) is 1. The zero-order valence-corrected chi connectivity index (χ0v) is 23.6. The third-order valence-electron chi connectivity index (χ3n) is 7.66. The number of benzene rings is 2. The van der Waals surface area contributed by atoms with Gasteiger partial charge in [-0.3, -0.25) is 9.59 Å². The first-order valence-corrected chi connectivity index (χ1v) is 13.7. The first kappa shape index (κ1) is 28.9. The van der Waals surface area contributed by atoms with E-state index in [1.807, 2.05) is 64.1 Å². The summed E-state index contributed by atoms with van der Waals surface area (Å²) in [6.45, 7) is 8.82. The first-order chi connectivity index (χ1) is 19.0. The molecule has 1 atom stereocenters. The number of anilines is 1. The van der Waals surface area contributed by atoms with Gasteiger partial charge in [0.05, 0.1) is 11.5 Å². The minimum absolute atomic E-state index is 0.114. The molecule has 10 heteroatoms. The van der Waals surface area contributed by atoms with Gasteiger partial charge in [0.15, 0.2) is 0 Å². The summed E-state index contributed by atoms with van der Waals surface area (Å²) in [6.07, 6.45) is -0.140. The summed E-state index contributed by atoms with van der Waals surface area (Å²) in [4.78, 5) is 55.7. The van der Waals surface area contributed by atoms with E-state index in [1.165, 1.54) is 4.90 Å². The number of amides is 4. The van der Waals surface area contributed by atoms with E-state index in [-0.39, 0.29) is 50.1 Å².